The molecule has 0 rings (SSSR count). The number of unbranched alkanes of at least 4 members (excludes halogenated alkanes) is 35. The lowest BCUT2D eigenvalue weighted by molar-refractivity contribution is -0.877. The highest BCUT2D eigenvalue weighted by Crippen LogP contribution is 2.25. The van der Waals surface area contributed by atoms with Crippen molar-refractivity contribution in [3.05, 3.63) is 0 Å². The Morgan fingerprint density at radius 3 is 0.905 bits per heavy atom. The standard InChI is InChI=1S/C55H108N2O6/c1-7-10-13-16-19-22-25-26-27-28-29-32-35-38-41-44-47-56-54(60)63-51-55(48-57(4,5)6,49-61-52(58)45-42-39-36-33-30-23-20-17-14-11-8-2)50-62-53(59)46-43-40-37-34-31-24-21-18-15-12-9-3/h7-51H2,1-6H3/p+1. The maximum Gasteiger partial charge on any atom is 0.407 e. The van der Waals surface area contributed by atoms with Gasteiger partial charge in [-0.25, -0.2) is 4.79 Å². The predicted molar refractivity (Wildman–Crippen MR) is 268 cm³/mol. The Balaban J connectivity index is 4.84. The summed E-state index contributed by atoms with van der Waals surface area (Å²) in [6.45, 7) is 7.96. The molecular weight excluding hydrogens is 785 g/mol. The monoisotopic (exact) mass is 894 g/mol. The van der Waals surface area contributed by atoms with Crippen LogP contribution in [0.5, 0.6) is 0 Å². The van der Waals surface area contributed by atoms with E-state index in [9.17, 15) is 14.4 Å². The Bertz CT molecular complexity index is 972. The van der Waals surface area contributed by atoms with Crippen molar-refractivity contribution < 1.29 is 33.1 Å². The molecule has 0 aliphatic heterocycles. The molecule has 0 bridgehead atoms. The molecule has 0 fully saturated rings. The number of nitrogens with zero attached hydrogens (tertiary/aromatic N) is 1. The van der Waals surface area contributed by atoms with E-state index in [4.69, 9.17) is 14.2 Å². The Morgan fingerprint density at radius 2 is 0.619 bits per heavy atom. The summed E-state index contributed by atoms with van der Waals surface area (Å²) in [7, 11) is 6.19. The van der Waals surface area contributed by atoms with Crippen LogP contribution in [0.2, 0.25) is 0 Å². The van der Waals surface area contributed by atoms with Crippen molar-refractivity contribution in [3.63, 3.8) is 0 Å². The number of hydrogen-bond donors (Lipinski definition) is 1. The van der Waals surface area contributed by atoms with Gasteiger partial charge in [-0.3, -0.25) is 9.59 Å². The minimum Gasteiger partial charge on any atom is -0.465 e. The van der Waals surface area contributed by atoms with Gasteiger partial charge in [0.1, 0.15) is 25.2 Å². The Hall–Kier alpha value is -1.83. The van der Waals surface area contributed by atoms with Gasteiger partial charge in [-0.15, -0.1) is 0 Å². The fourth-order valence-corrected chi connectivity index (χ4v) is 8.88. The first-order valence-corrected chi connectivity index (χ1v) is 27.6. The molecule has 0 heterocycles. The van der Waals surface area contributed by atoms with Crippen LogP contribution in [0.25, 0.3) is 0 Å². The number of ether oxygens (including phenoxy) is 3. The topological polar surface area (TPSA) is 90.9 Å². The molecule has 0 radical (unpaired) electrons. The second kappa shape index (κ2) is 45.3. The van der Waals surface area contributed by atoms with E-state index in [2.05, 4.69) is 47.2 Å². The Morgan fingerprint density at radius 1 is 0.365 bits per heavy atom. The van der Waals surface area contributed by atoms with Crippen LogP contribution < -0.4 is 5.32 Å². The van der Waals surface area contributed by atoms with Crippen LogP contribution in [-0.2, 0) is 23.8 Å². The molecule has 0 aromatic carbocycles. The second-order valence-corrected chi connectivity index (χ2v) is 20.6. The fourth-order valence-electron chi connectivity index (χ4n) is 8.88. The van der Waals surface area contributed by atoms with Gasteiger partial charge in [0, 0.05) is 19.4 Å². The zero-order chi connectivity index (χ0) is 46.4. The molecule has 0 aliphatic carbocycles. The molecule has 0 saturated heterocycles. The zero-order valence-electron chi connectivity index (χ0n) is 43.2. The van der Waals surface area contributed by atoms with Gasteiger partial charge in [0.25, 0.3) is 0 Å². The summed E-state index contributed by atoms with van der Waals surface area (Å²) in [6, 6.07) is 0. The molecule has 374 valence electrons. The van der Waals surface area contributed by atoms with Crippen LogP contribution in [0.15, 0.2) is 0 Å². The van der Waals surface area contributed by atoms with Crippen molar-refractivity contribution in [2.45, 2.75) is 278 Å². The number of carbonyl (C=O) groups is 3. The first kappa shape index (κ1) is 61.2. The van der Waals surface area contributed by atoms with Crippen LogP contribution in [0, 0.1) is 5.41 Å². The summed E-state index contributed by atoms with van der Waals surface area (Å²) in [4.78, 5) is 39.1. The quantitative estimate of drug-likeness (QED) is 0.0283. The minimum atomic E-state index is -0.858. The number of esters is 2. The number of rotatable bonds is 49. The number of nitrogens with one attached hydrogen (secondary N) is 1. The normalized spacial score (nSPS) is 11.8. The van der Waals surface area contributed by atoms with E-state index in [0.29, 0.717) is 30.4 Å². The van der Waals surface area contributed by atoms with Crippen LogP contribution in [-0.4, -0.2) is 76.6 Å². The van der Waals surface area contributed by atoms with Gasteiger partial charge in [-0.05, 0) is 19.3 Å². The summed E-state index contributed by atoms with van der Waals surface area (Å²) < 4.78 is 18.2. The molecule has 0 aromatic rings. The van der Waals surface area contributed by atoms with Gasteiger partial charge < -0.3 is 24.0 Å². The summed E-state index contributed by atoms with van der Waals surface area (Å²) in [6.07, 6.45) is 48.2. The Kier molecular flexibility index (Phi) is 44.0. The molecule has 8 heteroatoms. The maximum absolute atomic E-state index is 13.0. The zero-order valence-corrected chi connectivity index (χ0v) is 43.2. The van der Waals surface area contributed by atoms with Crippen molar-refractivity contribution >= 4 is 18.0 Å². The van der Waals surface area contributed by atoms with Crippen molar-refractivity contribution in [3.8, 4) is 0 Å². The molecular formula is C55H109N2O6+. The van der Waals surface area contributed by atoms with Crippen molar-refractivity contribution in [1.82, 2.24) is 5.32 Å². The average molecular weight is 894 g/mol. The maximum atomic E-state index is 13.0. The molecule has 0 atom stereocenters. The van der Waals surface area contributed by atoms with E-state index >= 15 is 0 Å². The smallest absolute Gasteiger partial charge is 0.407 e. The summed E-state index contributed by atoms with van der Waals surface area (Å²) in [5.74, 6) is -0.478. The molecule has 0 saturated carbocycles. The van der Waals surface area contributed by atoms with E-state index in [1.165, 1.54) is 193 Å². The predicted octanol–water partition coefficient (Wildman–Crippen LogP) is 16.2. The first-order valence-electron chi connectivity index (χ1n) is 27.6. The van der Waals surface area contributed by atoms with Crippen LogP contribution in [0.1, 0.15) is 278 Å². The molecule has 1 amide bonds. The van der Waals surface area contributed by atoms with Gasteiger partial charge in [0.15, 0.2) is 0 Å². The van der Waals surface area contributed by atoms with E-state index < -0.39 is 11.5 Å². The summed E-state index contributed by atoms with van der Waals surface area (Å²) >= 11 is 0. The van der Waals surface area contributed by atoms with Gasteiger partial charge in [0.05, 0.1) is 27.7 Å². The lowest BCUT2D eigenvalue weighted by atomic mass is 9.89. The Labute approximate surface area is 392 Å². The van der Waals surface area contributed by atoms with Crippen LogP contribution in [0.4, 0.5) is 4.79 Å². The molecule has 1 N–H and O–H groups in total. The third-order valence-electron chi connectivity index (χ3n) is 12.7. The molecule has 8 nitrogen and oxygen atoms in total. The van der Waals surface area contributed by atoms with Crippen molar-refractivity contribution in [2.24, 2.45) is 5.41 Å². The molecule has 0 aromatic heterocycles. The molecule has 0 spiro atoms. The van der Waals surface area contributed by atoms with Gasteiger partial charge in [-0.2, -0.15) is 0 Å². The van der Waals surface area contributed by atoms with Gasteiger partial charge >= 0.3 is 18.0 Å². The highest BCUT2D eigenvalue weighted by atomic mass is 16.6. The number of alkyl carbamates (subject to hydrolysis) is 1. The minimum absolute atomic E-state index is 0.00472. The van der Waals surface area contributed by atoms with E-state index in [1.54, 1.807) is 0 Å². The second-order valence-electron chi connectivity index (χ2n) is 20.6. The number of amides is 1. The van der Waals surface area contributed by atoms with Crippen LogP contribution in [0.3, 0.4) is 0 Å². The number of quaternary nitrogens is 1. The highest BCUT2D eigenvalue weighted by Gasteiger charge is 2.41. The first-order chi connectivity index (χ1) is 30.6. The van der Waals surface area contributed by atoms with E-state index in [-0.39, 0.29) is 31.8 Å². The highest BCUT2D eigenvalue weighted by molar-refractivity contribution is 5.70. The van der Waals surface area contributed by atoms with E-state index in [1.807, 2.05) is 0 Å². The molecule has 0 aliphatic rings. The van der Waals surface area contributed by atoms with E-state index in [0.717, 1.165) is 51.4 Å². The summed E-state index contributed by atoms with van der Waals surface area (Å²) in [5.41, 5.74) is -0.858. The van der Waals surface area contributed by atoms with Crippen molar-refractivity contribution in [2.75, 3.05) is 54.1 Å². The SMILES string of the molecule is CCCCCCCCCCCCCCCCCCNC(=O)OCC(COC(=O)CCCCCCCCCCCCC)(COC(=O)CCCCCCCCCCCCC)C[N+](C)(C)C. The average Bonchev–Trinajstić information content (AvgIpc) is 3.25. The third kappa shape index (κ3) is 45.1. The lowest BCUT2D eigenvalue weighted by Gasteiger charge is -2.38. The number of hydrogen-bond acceptors (Lipinski definition) is 6. The lowest BCUT2D eigenvalue weighted by Crippen LogP contribution is -2.53. The van der Waals surface area contributed by atoms with Gasteiger partial charge in [0.2, 0.25) is 0 Å². The largest absolute Gasteiger partial charge is 0.465 e. The van der Waals surface area contributed by atoms with Crippen LogP contribution >= 0.6 is 0 Å². The third-order valence-corrected chi connectivity index (χ3v) is 12.7. The molecule has 63 heavy (non-hydrogen) atoms. The van der Waals surface area contributed by atoms with Crippen molar-refractivity contribution in [1.29, 1.82) is 0 Å². The summed E-state index contributed by atoms with van der Waals surface area (Å²) in [5, 5.41) is 2.94. The molecule has 0 unspecified atom stereocenters. The number of carbonyl (C=O) groups excluding carboxylic acids is 3. The fraction of sp³-hybridized carbons (Fsp3) is 0.945. The van der Waals surface area contributed by atoms with Gasteiger partial charge in [-0.1, -0.05) is 245 Å².